The number of methoxy groups -OCH3 is 1. The van der Waals surface area contributed by atoms with Gasteiger partial charge >= 0.3 is 0 Å². The van der Waals surface area contributed by atoms with E-state index < -0.39 is 29.2 Å². The second-order valence-corrected chi connectivity index (χ2v) is 10.4. The van der Waals surface area contributed by atoms with E-state index in [2.05, 4.69) is 0 Å². The van der Waals surface area contributed by atoms with Crippen molar-refractivity contribution in [2.75, 3.05) is 12.0 Å². The lowest BCUT2D eigenvalue weighted by Crippen LogP contribution is -2.48. The maximum atomic E-state index is 14.6. The van der Waals surface area contributed by atoms with Crippen molar-refractivity contribution < 1.29 is 23.5 Å². The third-order valence-electron chi connectivity index (χ3n) is 8.59. The van der Waals surface area contributed by atoms with Gasteiger partial charge in [-0.05, 0) is 53.6 Å². The minimum absolute atomic E-state index is 0.236. The van der Waals surface area contributed by atoms with Gasteiger partial charge in [0.1, 0.15) is 23.0 Å². The number of benzene rings is 4. The van der Waals surface area contributed by atoms with Crippen molar-refractivity contribution >= 4 is 29.1 Å². The van der Waals surface area contributed by atoms with Gasteiger partial charge in [-0.1, -0.05) is 66.7 Å². The lowest BCUT2D eigenvalue weighted by Gasteiger charge is -2.37. The van der Waals surface area contributed by atoms with E-state index in [-0.39, 0.29) is 17.3 Å². The molecule has 0 amide bonds. The molecule has 0 radical (unpaired) electrons. The zero-order valence-corrected chi connectivity index (χ0v) is 21.6. The van der Waals surface area contributed by atoms with E-state index in [1.807, 2.05) is 41.3 Å². The van der Waals surface area contributed by atoms with Crippen molar-refractivity contribution in [1.29, 1.82) is 0 Å². The number of carbonyl (C=O) groups excluding carboxylic acids is 3. The molecular weight excluding hydrogens is 505 g/mol. The standard InChI is InChI=1S/C34H24FNO4/c1-40-24-17-12-22(13-18-24)31(37)30-29(21-10-15-23(35)16-11-21)34(32(38)25-7-3-4-8-26(25)33(34)39)28-19-14-20-6-2-5-9-27(20)36(28)30/h2-19,28-30H,1H3/t28-,29+,30-/m1/s1. The Hall–Kier alpha value is -4.84. The number of hydrogen-bond donors (Lipinski definition) is 0. The highest BCUT2D eigenvalue weighted by Crippen LogP contribution is 2.60. The summed E-state index contributed by atoms with van der Waals surface area (Å²) in [5.74, 6) is -1.58. The van der Waals surface area contributed by atoms with Gasteiger partial charge in [0.05, 0.1) is 13.2 Å². The van der Waals surface area contributed by atoms with Crippen molar-refractivity contribution in [3.63, 3.8) is 0 Å². The highest BCUT2D eigenvalue weighted by atomic mass is 19.1. The van der Waals surface area contributed by atoms with Crippen LogP contribution in [0.4, 0.5) is 10.1 Å². The average Bonchev–Trinajstić information content (AvgIpc) is 3.43. The molecule has 196 valence electrons. The third-order valence-corrected chi connectivity index (χ3v) is 8.59. The van der Waals surface area contributed by atoms with Crippen molar-refractivity contribution in [3.05, 3.63) is 137 Å². The highest BCUT2D eigenvalue weighted by Gasteiger charge is 2.71. The van der Waals surface area contributed by atoms with Crippen LogP contribution in [-0.2, 0) is 0 Å². The fourth-order valence-corrected chi connectivity index (χ4v) is 6.89. The normalized spacial score (nSPS) is 21.8. The number of nitrogens with zero attached hydrogens (tertiary/aromatic N) is 1. The van der Waals surface area contributed by atoms with E-state index in [1.165, 1.54) is 12.1 Å². The maximum Gasteiger partial charge on any atom is 0.185 e. The van der Waals surface area contributed by atoms with Crippen molar-refractivity contribution in [3.8, 4) is 5.75 Å². The Kier molecular flexibility index (Phi) is 5.36. The van der Waals surface area contributed by atoms with Gasteiger partial charge in [-0.25, -0.2) is 4.39 Å². The number of anilines is 1. The Morgan fingerprint density at radius 3 is 2.10 bits per heavy atom. The number of hydrogen-bond acceptors (Lipinski definition) is 5. The van der Waals surface area contributed by atoms with Crippen LogP contribution in [0.3, 0.4) is 0 Å². The molecule has 7 rings (SSSR count). The van der Waals surface area contributed by atoms with Gasteiger partial charge in [-0.15, -0.1) is 0 Å². The molecule has 1 saturated heterocycles. The summed E-state index contributed by atoms with van der Waals surface area (Å²) in [6.07, 6.45) is 3.80. The molecule has 4 aromatic rings. The Labute approximate surface area is 230 Å². The second kappa shape index (κ2) is 8.85. The van der Waals surface area contributed by atoms with Crippen LogP contribution >= 0.6 is 0 Å². The summed E-state index contributed by atoms with van der Waals surface area (Å²) in [6, 6.07) is 25.5. The van der Waals surface area contributed by atoms with Crippen LogP contribution in [0.1, 0.15) is 48.1 Å². The molecule has 0 bridgehead atoms. The molecule has 0 aromatic heterocycles. The fraction of sp³-hybridized carbons (Fsp3) is 0.147. The summed E-state index contributed by atoms with van der Waals surface area (Å²) < 4.78 is 19.5. The Morgan fingerprint density at radius 2 is 1.45 bits per heavy atom. The lowest BCUT2D eigenvalue weighted by atomic mass is 9.64. The second-order valence-electron chi connectivity index (χ2n) is 10.4. The number of ketones is 3. The summed E-state index contributed by atoms with van der Waals surface area (Å²) in [5.41, 5.74) is 1.73. The number of carbonyl (C=O) groups is 3. The van der Waals surface area contributed by atoms with Crippen LogP contribution in [0.2, 0.25) is 0 Å². The zero-order valence-electron chi connectivity index (χ0n) is 21.6. The molecule has 0 unspecified atom stereocenters. The monoisotopic (exact) mass is 529 g/mol. The quantitative estimate of drug-likeness (QED) is 0.234. The van der Waals surface area contributed by atoms with Crippen molar-refractivity contribution in [2.45, 2.75) is 18.0 Å². The van der Waals surface area contributed by atoms with E-state index in [0.717, 1.165) is 11.3 Å². The van der Waals surface area contributed by atoms with Crippen LogP contribution in [-0.4, -0.2) is 36.5 Å². The SMILES string of the molecule is COc1ccc(C(=O)[C@H]2[C@H](c3ccc(F)cc3)C3(C(=O)c4ccccc4C3=O)[C@H]3C=Cc4ccccc4N23)cc1. The highest BCUT2D eigenvalue weighted by molar-refractivity contribution is 6.32. The largest absolute Gasteiger partial charge is 0.497 e. The van der Waals surface area contributed by atoms with Crippen molar-refractivity contribution in [2.24, 2.45) is 5.41 Å². The van der Waals surface area contributed by atoms with Gasteiger partial charge in [0.2, 0.25) is 0 Å². The number of para-hydroxylation sites is 1. The molecule has 2 aliphatic heterocycles. The van der Waals surface area contributed by atoms with E-state index in [0.29, 0.717) is 28.0 Å². The zero-order chi connectivity index (χ0) is 27.6. The third kappa shape index (κ3) is 3.16. The maximum absolute atomic E-state index is 14.6. The van der Waals surface area contributed by atoms with Gasteiger partial charge < -0.3 is 9.64 Å². The molecule has 3 aliphatic rings. The molecule has 1 spiro atoms. The van der Waals surface area contributed by atoms with E-state index in [1.54, 1.807) is 67.8 Å². The van der Waals surface area contributed by atoms with Crippen LogP contribution in [0.25, 0.3) is 6.08 Å². The summed E-state index contributed by atoms with van der Waals surface area (Å²) >= 11 is 0. The Morgan fingerprint density at radius 1 is 0.825 bits per heavy atom. The average molecular weight is 530 g/mol. The van der Waals surface area contributed by atoms with Crippen LogP contribution in [0.5, 0.6) is 5.75 Å². The van der Waals surface area contributed by atoms with Crippen LogP contribution in [0, 0.1) is 11.2 Å². The molecule has 2 heterocycles. The molecule has 6 heteroatoms. The molecule has 1 aliphatic carbocycles. The summed E-state index contributed by atoms with van der Waals surface area (Å²) in [6.45, 7) is 0. The minimum atomic E-state index is -1.61. The van der Waals surface area contributed by atoms with Crippen LogP contribution in [0.15, 0.2) is 103 Å². The van der Waals surface area contributed by atoms with Gasteiger partial charge in [0.15, 0.2) is 17.3 Å². The smallest absolute Gasteiger partial charge is 0.185 e. The van der Waals surface area contributed by atoms with Gasteiger partial charge in [0.25, 0.3) is 0 Å². The Bertz CT molecular complexity index is 1690. The Balaban J connectivity index is 1.52. The van der Waals surface area contributed by atoms with E-state index >= 15 is 0 Å². The first kappa shape index (κ1) is 24.2. The van der Waals surface area contributed by atoms with Crippen molar-refractivity contribution in [1.82, 2.24) is 0 Å². The minimum Gasteiger partial charge on any atom is -0.497 e. The summed E-state index contributed by atoms with van der Waals surface area (Å²) in [5, 5.41) is 0. The molecule has 0 N–H and O–H groups in total. The predicted octanol–water partition coefficient (Wildman–Crippen LogP) is 6.15. The molecule has 40 heavy (non-hydrogen) atoms. The van der Waals surface area contributed by atoms with Gasteiger partial charge in [0, 0.05) is 28.3 Å². The number of rotatable bonds is 4. The number of halogens is 1. The molecule has 5 nitrogen and oxygen atoms in total. The predicted molar refractivity (Wildman–Crippen MR) is 150 cm³/mol. The topological polar surface area (TPSA) is 63.7 Å². The number of Topliss-reactive ketones (excluding diaryl/α,β-unsaturated/α-hetero) is 3. The first-order chi connectivity index (χ1) is 19.5. The van der Waals surface area contributed by atoms with Crippen LogP contribution < -0.4 is 9.64 Å². The lowest BCUT2D eigenvalue weighted by molar-refractivity contribution is 0.0666. The summed E-state index contributed by atoms with van der Waals surface area (Å²) in [7, 11) is 1.55. The first-order valence-electron chi connectivity index (χ1n) is 13.1. The first-order valence-corrected chi connectivity index (χ1v) is 13.1. The fourth-order valence-electron chi connectivity index (χ4n) is 6.89. The molecular formula is C34H24FNO4. The molecule has 3 atom stereocenters. The molecule has 4 aromatic carbocycles. The van der Waals surface area contributed by atoms with E-state index in [9.17, 15) is 18.8 Å². The van der Waals surface area contributed by atoms with E-state index in [4.69, 9.17) is 4.74 Å². The summed E-state index contributed by atoms with van der Waals surface area (Å²) in [4.78, 5) is 45.6. The molecule has 0 saturated carbocycles. The number of fused-ring (bicyclic) bond motifs is 5. The number of ether oxygens (including phenoxy) is 1. The van der Waals surface area contributed by atoms with Gasteiger partial charge in [-0.2, -0.15) is 0 Å². The van der Waals surface area contributed by atoms with Gasteiger partial charge in [-0.3, -0.25) is 14.4 Å². The molecule has 1 fully saturated rings.